The van der Waals surface area contributed by atoms with Gasteiger partial charge in [-0.25, -0.2) is 4.39 Å². The number of hydrogen-bond donors (Lipinski definition) is 1. The molecule has 1 rings (SSSR count). The molecule has 0 heterocycles. The van der Waals surface area contributed by atoms with Crippen molar-refractivity contribution < 1.29 is 18.7 Å². The van der Waals surface area contributed by atoms with Gasteiger partial charge in [-0.15, -0.1) is 0 Å². The first-order valence-electron chi connectivity index (χ1n) is 5.59. The van der Waals surface area contributed by atoms with Crippen molar-refractivity contribution in [3.05, 3.63) is 34.1 Å². The minimum atomic E-state index is -1.31. The lowest BCUT2D eigenvalue weighted by atomic mass is 9.92. The van der Waals surface area contributed by atoms with E-state index in [1.165, 1.54) is 27.0 Å². The molecule has 19 heavy (non-hydrogen) atoms. The Morgan fingerprint density at radius 1 is 1.42 bits per heavy atom. The minimum Gasteiger partial charge on any atom is -0.468 e. The van der Waals surface area contributed by atoms with E-state index in [0.717, 1.165) is 0 Å². The summed E-state index contributed by atoms with van der Waals surface area (Å²) in [5.41, 5.74) is -0.972. The zero-order valence-corrected chi connectivity index (χ0v) is 12.5. The number of benzene rings is 1. The van der Waals surface area contributed by atoms with Crippen LogP contribution in [0.1, 0.15) is 19.4 Å². The van der Waals surface area contributed by atoms with E-state index in [2.05, 4.69) is 26.0 Å². The molecule has 0 fully saturated rings. The Kier molecular flexibility index (Phi) is 5.05. The normalized spacial score (nSPS) is 11.0. The number of carbonyl (C=O) groups is 2. The molecule has 1 aromatic rings. The monoisotopic (exact) mass is 331 g/mol. The standard InChI is InChI=1S/C13H15BrFNO3/c1-13(2,12(18)19-3)11(17)16-7-8-6-9(14)4-5-10(8)15/h4-6H,7H2,1-3H3,(H,16,17). The lowest BCUT2D eigenvalue weighted by Gasteiger charge is -2.20. The van der Waals surface area contributed by atoms with Crippen molar-refractivity contribution in [2.24, 2.45) is 5.41 Å². The van der Waals surface area contributed by atoms with E-state index < -0.39 is 23.1 Å². The van der Waals surface area contributed by atoms with Crippen LogP contribution in [-0.4, -0.2) is 19.0 Å². The maximum atomic E-state index is 13.5. The molecular formula is C13H15BrFNO3. The van der Waals surface area contributed by atoms with Crippen LogP contribution >= 0.6 is 15.9 Å². The van der Waals surface area contributed by atoms with Crippen molar-refractivity contribution >= 4 is 27.8 Å². The summed E-state index contributed by atoms with van der Waals surface area (Å²) >= 11 is 3.22. The predicted molar refractivity (Wildman–Crippen MR) is 71.7 cm³/mol. The molecule has 0 atom stereocenters. The second-order valence-electron chi connectivity index (χ2n) is 4.53. The minimum absolute atomic E-state index is 0.00449. The smallest absolute Gasteiger partial charge is 0.320 e. The summed E-state index contributed by atoms with van der Waals surface area (Å²) in [7, 11) is 1.21. The number of amides is 1. The molecule has 0 aliphatic carbocycles. The van der Waals surface area contributed by atoms with Gasteiger partial charge < -0.3 is 10.1 Å². The molecule has 6 heteroatoms. The number of methoxy groups -OCH3 is 1. The quantitative estimate of drug-likeness (QED) is 0.680. The number of halogens is 2. The van der Waals surface area contributed by atoms with Gasteiger partial charge in [0.2, 0.25) is 5.91 Å². The average molecular weight is 332 g/mol. The van der Waals surface area contributed by atoms with Crippen LogP contribution in [0.25, 0.3) is 0 Å². The molecule has 0 radical (unpaired) electrons. The van der Waals surface area contributed by atoms with Gasteiger partial charge in [-0.2, -0.15) is 0 Å². The molecular weight excluding hydrogens is 317 g/mol. The van der Waals surface area contributed by atoms with Crippen LogP contribution in [-0.2, 0) is 20.9 Å². The Bertz CT molecular complexity index is 503. The van der Waals surface area contributed by atoms with E-state index in [0.29, 0.717) is 10.0 Å². The van der Waals surface area contributed by atoms with E-state index in [1.54, 1.807) is 12.1 Å². The van der Waals surface area contributed by atoms with Gasteiger partial charge in [0.1, 0.15) is 11.2 Å². The zero-order chi connectivity index (χ0) is 14.6. The van der Waals surface area contributed by atoms with Gasteiger partial charge in [-0.3, -0.25) is 9.59 Å². The highest BCUT2D eigenvalue weighted by molar-refractivity contribution is 9.10. The summed E-state index contributed by atoms with van der Waals surface area (Å²) in [6.07, 6.45) is 0. The fourth-order valence-electron chi connectivity index (χ4n) is 1.42. The second-order valence-corrected chi connectivity index (χ2v) is 5.45. The number of ether oxygens (including phenoxy) is 1. The molecule has 0 aliphatic heterocycles. The van der Waals surface area contributed by atoms with Gasteiger partial charge in [0, 0.05) is 16.6 Å². The number of nitrogens with one attached hydrogen (secondary N) is 1. The first-order valence-corrected chi connectivity index (χ1v) is 6.39. The molecule has 0 aromatic heterocycles. The van der Waals surface area contributed by atoms with Crippen molar-refractivity contribution in [3.63, 3.8) is 0 Å². The Labute approximate surface area is 119 Å². The Morgan fingerprint density at radius 2 is 2.05 bits per heavy atom. The third-order valence-corrected chi connectivity index (χ3v) is 3.20. The summed E-state index contributed by atoms with van der Waals surface area (Å²) in [4.78, 5) is 23.3. The highest BCUT2D eigenvalue weighted by Gasteiger charge is 2.37. The van der Waals surface area contributed by atoms with Crippen LogP contribution in [0.2, 0.25) is 0 Å². The largest absolute Gasteiger partial charge is 0.468 e. The van der Waals surface area contributed by atoms with Crippen molar-refractivity contribution in [2.45, 2.75) is 20.4 Å². The maximum Gasteiger partial charge on any atom is 0.320 e. The van der Waals surface area contributed by atoms with Crippen molar-refractivity contribution in [2.75, 3.05) is 7.11 Å². The fraction of sp³-hybridized carbons (Fsp3) is 0.385. The number of hydrogen-bond acceptors (Lipinski definition) is 3. The first kappa shape index (κ1) is 15.6. The SMILES string of the molecule is COC(=O)C(C)(C)C(=O)NCc1cc(Br)ccc1F. The molecule has 1 amide bonds. The van der Waals surface area contributed by atoms with Gasteiger partial charge in [0.25, 0.3) is 0 Å². The van der Waals surface area contributed by atoms with Crippen LogP contribution in [0.3, 0.4) is 0 Å². The fourth-order valence-corrected chi connectivity index (χ4v) is 1.83. The van der Waals surface area contributed by atoms with Crippen LogP contribution in [0, 0.1) is 11.2 Å². The second kappa shape index (κ2) is 6.14. The van der Waals surface area contributed by atoms with Gasteiger partial charge in [0.05, 0.1) is 7.11 Å². The van der Waals surface area contributed by atoms with Crippen LogP contribution in [0.15, 0.2) is 22.7 Å². The van der Waals surface area contributed by atoms with Gasteiger partial charge in [-0.1, -0.05) is 15.9 Å². The van der Waals surface area contributed by atoms with Gasteiger partial charge in [0.15, 0.2) is 0 Å². The molecule has 1 N–H and O–H groups in total. The molecule has 104 valence electrons. The van der Waals surface area contributed by atoms with Gasteiger partial charge >= 0.3 is 5.97 Å². The third-order valence-electron chi connectivity index (χ3n) is 2.71. The van der Waals surface area contributed by atoms with Crippen LogP contribution < -0.4 is 5.32 Å². The van der Waals surface area contributed by atoms with Crippen LogP contribution in [0.5, 0.6) is 0 Å². The first-order chi connectivity index (χ1) is 8.78. The van der Waals surface area contributed by atoms with Crippen molar-refractivity contribution in [3.8, 4) is 0 Å². The van der Waals surface area contributed by atoms with Crippen molar-refractivity contribution in [1.82, 2.24) is 5.32 Å². The molecule has 4 nitrogen and oxygen atoms in total. The topological polar surface area (TPSA) is 55.4 Å². The summed E-state index contributed by atoms with van der Waals surface area (Å²) in [6.45, 7) is 2.90. The zero-order valence-electron chi connectivity index (χ0n) is 10.9. The maximum absolute atomic E-state index is 13.5. The lowest BCUT2D eigenvalue weighted by molar-refractivity contribution is -0.156. The highest BCUT2D eigenvalue weighted by atomic mass is 79.9. The van der Waals surface area contributed by atoms with Gasteiger partial charge in [-0.05, 0) is 32.0 Å². The molecule has 0 aliphatic rings. The molecule has 1 aromatic carbocycles. The summed E-state index contributed by atoms with van der Waals surface area (Å²) < 4.78 is 18.7. The Hall–Kier alpha value is -1.43. The molecule has 0 unspecified atom stereocenters. The Morgan fingerprint density at radius 3 is 2.63 bits per heavy atom. The van der Waals surface area contributed by atoms with E-state index in [9.17, 15) is 14.0 Å². The molecule has 0 spiro atoms. The summed E-state index contributed by atoms with van der Waals surface area (Å²) in [5, 5.41) is 2.52. The van der Waals surface area contributed by atoms with Crippen LogP contribution in [0.4, 0.5) is 4.39 Å². The summed E-state index contributed by atoms with van der Waals surface area (Å²) in [5.74, 6) is -1.57. The lowest BCUT2D eigenvalue weighted by Crippen LogP contribution is -2.42. The molecule has 0 saturated carbocycles. The molecule has 0 saturated heterocycles. The third kappa shape index (κ3) is 3.76. The Balaban J connectivity index is 2.74. The number of esters is 1. The summed E-state index contributed by atoms with van der Waals surface area (Å²) in [6, 6.07) is 4.44. The molecule has 0 bridgehead atoms. The highest BCUT2D eigenvalue weighted by Crippen LogP contribution is 2.19. The van der Waals surface area contributed by atoms with E-state index >= 15 is 0 Å². The van der Waals surface area contributed by atoms with E-state index in [-0.39, 0.29) is 6.54 Å². The predicted octanol–water partition coefficient (Wildman–Crippen LogP) is 2.40. The number of rotatable bonds is 4. The van der Waals surface area contributed by atoms with E-state index in [1.807, 2.05) is 0 Å². The average Bonchev–Trinajstić information content (AvgIpc) is 2.38. The van der Waals surface area contributed by atoms with E-state index in [4.69, 9.17) is 0 Å². The number of carbonyl (C=O) groups excluding carboxylic acids is 2. The van der Waals surface area contributed by atoms with Crippen molar-refractivity contribution in [1.29, 1.82) is 0 Å².